The molecule has 0 saturated carbocycles. The highest BCUT2D eigenvalue weighted by molar-refractivity contribution is 5.78. The standard InChI is InChI=1S/C12H24N4O3/c1-13-11(17)9-15-4-6-16(7-5-15)10-12(18)14-3-8-19-2/h3-10H2,1-2H3,(H,13,17)(H,14,18). The SMILES string of the molecule is CNC(=O)CN1CCN(CC(=O)NCCOC)CC1. The van der Waals surface area contributed by atoms with Gasteiger partial charge in [-0.1, -0.05) is 0 Å². The van der Waals surface area contributed by atoms with Crippen LogP contribution in [-0.4, -0.2) is 88.2 Å². The molecule has 0 spiro atoms. The van der Waals surface area contributed by atoms with Crippen LogP contribution in [0.3, 0.4) is 0 Å². The summed E-state index contributed by atoms with van der Waals surface area (Å²) in [6.07, 6.45) is 0. The van der Waals surface area contributed by atoms with Crippen molar-refractivity contribution in [1.82, 2.24) is 20.4 Å². The second-order valence-corrected chi connectivity index (χ2v) is 4.57. The maximum atomic E-state index is 11.6. The van der Waals surface area contributed by atoms with Gasteiger partial charge in [0.1, 0.15) is 0 Å². The molecule has 19 heavy (non-hydrogen) atoms. The number of hydrogen-bond donors (Lipinski definition) is 2. The minimum Gasteiger partial charge on any atom is -0.383 e. The topological polar surface area (TPSA) is 73.9 Å². The van der Waals surface area contributed by atoms with Gasteiger partial charge in [0.15, 0.2) is 0 Å². The lowest BCUT2D eigenvalue weighted by Crippen LogP contribution is -2.51. The highest BCUT2D eigenvalue weighted by Gasteiger charge is 2.19. The van der Waals surface area contributed by atoms with E-state index in [-0.39, 0.29) is 11.8 Å². The summed E-state index contributed by atoms with van der Waals surface area (Å²) in [4.78, 5) is 27.0. The first kappa shape index (κ1) is 15.9. The first-order valence-electron chi connectivity index (χ1n) is 6.56. The molecule has 2 N–H and O–H groups in total. The first-order chi connectivity index (χ1) is 9.15. The van der Waals surface area contributed by atoms with Gasteiger partial charge in [-0.25, -0.2) is 0 Å². The Bertz CT molecular complexity index is 291. The van der Waals surface area contributed by atoms with Crippen LogP contribution in [0.4, 0.5) is 0 Å². The monoisotopic (exact) mass is 272 g/mol. The summed E-state index contributed by atoms with van der Waals surface area (Å²) in [6.45, 7) is 5.19. The molecule has 1 aliphatic heterocycles. The van der Waals surface area contributed by atoms with Gasteiger partial charge >= 0.3 is 0 Å². The first-order valence-corrected chi connectivity index (χ1v) is 6.56. The quantitative estimate of drug-likeness (QED) is 0.530. The summed E-state index contributed by atoms with van der Waals surface area (Å²) in [5.74, 6) is 0.0579. The second-order valence-electron chi connectivity index (χ2n) is 4.57. The molecule has 0 aliphatic carbocycles. The predicted molar refractivity (Wildman–Crippen MR) is 71.8 cm³/mol. The lowest BCUT2D eigenvalue weighted by Gasteiger charge is -2.33. The number of ether oxygens (including phenoxy) is 1. The zero-order valence-electron chi connectivity index (χ0n) is 11.8. The molecule has 1 saturated heterocycles. The Labute approximate surface area is 114 Å². The molecule has 0 radical (unpaired) electrons. The fraction of sp³-hybridized carbons (Fsp3) is 0.833. The summed E-state index contributed by atoms with van der Waals surface area (Å²) in [5.41, 5.74) is 0. The zero-order valence-corrected chi connectivity index (χ0v) is 11.8. The molecule has 0 bridgehead atoms. The van der Waals surface area contributed by atoms with E-state index in [1.54, 1.807) is 14.2 Å². The van der Waals surface area contributed by atoms with Crippen molar-refractivity contribution in [3.05, 3.63) is 0 Å². The van der Waals surface area contributed by atoms with Gasteiger partial charge in [-0.2, -0.15) is 0 Å². The van der Waals surface area contributed by atoms with Crippen LogP contribution in [0.2, 0.25) is 0 Å². The third kappa shape index (κ3) is 6.51. The van der Waals surface area contributed by atoms with Crippen LogP contribution in [0.5, 0.6) is 0 Å². The Kier molecular flexibility index (Phi) is 7.39. The lowest BCUT2D eigenvalue weighted by molar-refractivity contribution is -0.124. The number of nitrogens with zero attached hydrogens (tertiary/aromatic N) is 2. The van der Waals surface area contributed by atoms with Crippen LogP contribution < -0.4 is 10.6 Å². The molecule has 1 fully saturated rings. The number of piperazine rings is 1. The fourth-order valence-corrected chi connectivity index (χ4v) is 1.94. The van der Waals surface area contributed by atoms with Crippen LogP contribution in [0, 0.1) is 0 Å². The Balaban J connectivity index is 2.15. The van der Waals surface area contributed by atoms with E-state index in [2.05, 4.69) is 20.4 Å². The van der Waals surface area contributed by atoms with E-state index in [1.807, 2.05) is 0 Å². The summed E-state index contributed by atoms with van der Waals surface area (Å²) in [5, 5.41) is 5.41. The van der Waals surface area contributed by atoms with Crippen molar-refractivity contribution < 1.29 is 14.3 Å². The van der Waals surface area contributed by atoms with Crippen LogP contribution in [0.15, 0.2) is 0 Å². The molecule has 0 unspecified atom stereocenters. The summed E-state index contributed by atoms with van der Waals surface area (Å²) < 4.78 is 4.87. The zero-order chi connectivity index (χ0) is 14.1. The van der Waals surface area contributed by atoms with E-state index in [0.717, 1.165) is 26.2 Å². The Hall–Kier alpha value is -1.18. The number of likely N-dealkylation sites (N-methyl/N-ethyl adjacent to an activating group) is 1. The van der Waals surface area contributed by atoms with Gasteiger partial charge in [-0.3, -0.25) is 19.4 Å². The number of carbonyl (C=O) groups excluding carboxylic acids is 2. The van der Waals surface area contributed by atoms with E-state index in [1.165, 1.54) is 0 Å². The Morgan fingerprint density at radius 2 is 1.58 bits per heavy atom. The molecule has 110 valence electrons. The van der Waals surface area contributed by atoms with Crippen LogP contribution in [0.25, 0.3) is 0 Å². The average molecular weight is 272 g/mol. The van der Waals surface area contributed by atoms with Crippen molar-refractivity contribution in [2.45, 2.75) is 0 Å². The maximum absolute atomic E-state index is 11.6. The minimum atomic E-state index is 0.0248. The predicted octanol–water partition coefficient (Wildman–Crippen LogP) is -1.89. The van der Waals surface area contributed by atoms with Crippen molar-refractivity contribution in [3.63, 3.8) is 0 Å². The number of hydrogen-bond acceptors (Lipinski definition) is 5. The lowest BCUT2D eigenvalue weighted by atomic mass is 10.3. The molecule has 0 atom stereocenters. The number of methoxy groups -OCH3 is 1. The number of carbonyl (C=O) groups is 2. The molecule has 2 amide bonds. The molecular formula is C12H24N4O3. The minimum absolute atomic E-state index is 0.0248. The van der Waals surface area contributed by atoms with Crippen molar-refractivity contribution >= 4 is 11.8 Å². The van der Waals surface area contributed by atoms with E-state index in [0.29, 0.717) is 26.2 Å². The fourth-order valence-electron chi connectivity index (χ4n) is 1.94. The van der Waals surface area contributed by atoms with Crippen molar-refractivity contribution in [1.29, 1.82) is 0 Å². The second kappa shape index (κ2) is 8.84. The highest BCUT2D eigenvalue weighted by Crippen LogP contribution is 2.00. The van der Waals surface area contributed by atoms with E-state index in [9.17, 15) is 9.59 Å². The van der Waals surface area contributed by atoms with E-state index in [4.69, 9.17) is 4.74 Å². The highest BCUT2D eigenvalue weighted by atomic mass is 16.5. The molecule has 0 aromatic carbocycles. The molecule has 0 aromatic heterocycles. The average Bonchev–Trinajstić information content (AvgIpc) is 2.41. The van der Waals surface area contributed by atoms with Gasteiger partial charge in [-0.15, -0.1) is 0 Å². The summed E-state index contributed by atoms with van der Waals surface area (Å²) in [6, 6.07) is 0. The Morgan fingerprint density at radius 3 is 2.05 bits per heavy atom. The largest absolute Gasteiger partial charge is 0.383 e. The van der Waals surface area contributed by atoms with Gasteiger partial charge < -0.3 is 15.4 Å². The number of amides is 2. The molecule has 1 heterocycles. The molecule has 1 aliphatic rings. The molecule has 1 rings (SSSR count). The number of rotatable bonds is 7. The smallest absolute Gasteiger partial charge is 0.234 e. The van der Waals surface area contributed by atoms with Gasteiger partial charge in [0.05, 0.1) is 19.7 Å². The number of nitrogens with one attached hydrogen (secondary N) is 2. The molecule has 7 heteroatoms. The Morgan fingerprint density at radius 1 is 1.05 bits per heavy atom. The van der Waals surface area contributed by atoms with Gasteiger partial charge in [0.25, 0.3) is 0 Å². The van der Waals surface area contributed by atoms with Crippen molar-refractivity contribution in [2.24, 2.45) is 0 Å². The summed E-state index contributed by atoms with van der Waals surface area (Å²) >= 11 is 0. The van der Waals surface area contributed by atoms with Crippen molar-refractivity contribution in [3.8, 4) is 0 Å². The molecule has 0 aromatic rings. The van der Waals surface area contributed by atoms with E-state index >= 15 is 0 Å². The molecule has 7 nitrogen and oxygen atoms in total. The molecular weight excluding hydrogens is 248 g/mol. The van der Waals surface area contributed by atoms with Crippen molar-refractivity contribution in [2.75, 3.05) is 66.6 Å². The van der Waals surface area contributed by atoms with Gasteiger partial charge in [-0.05, 0) is 0 Å². The maximum Gasteiger partial charge on any atom is 0.234 e. The van der Waals surface area contributed by atoms with Crippen LogP contribution >= 0.6 is 0 Å². The normalized spacial score (nSPS) is 17.2. The van der Waals surface area contributed by atoms with E-state index < -0.39 is 0 Å². The van der Waals surface area contributed by atoms with Gasteiger partial charge in [0, 0.05) is 46.9 Å². The van der Waals surface area contributed by atoms with Crippen LogP contribution in [-0.2, 0) is 14.3 Å². The van der Waals surface area contributed by atoms with Gasteiger partial charge in [0.2, 0.25) is 11.8 Å². The third-order valence-corrected chi connectivity index (χ3v) is 3.11. The van der Waals surface area contributed by atoms with Crippen LogP contribution in [0.1, 0.15) is 0 Å². The summed E-state index contributed by atoms with van der Waals surface area (Å²) in [7, 11) is 3.25. The third-order valence-electron chi connectivity index (χ3n) is 3.11.